The van der Waals surface area contributed by atoms with Crippen LogP contribution in [0, 0.1) is 11.7 Å². The summed E-state index contributed by atoms with van der Waals surface area (Å²) < 4.78 is 12.7. The first-order chi connectivity index (χ1) is 8.17. The summed E-state index contributed by atoms with van der Waals surface area (Å²) in [7, 11) is 0. The highest BCUT2D eigenvalue weighted by atomic mass is 19.1. The lowest BCUT2D eigenvalue weighted by molar-refractivity contribution is -0.120. The number of anilines is 1. The molecule has 2 nitrogen and oxygen atoms in total. The maximum absolute atomic E-state index is 12.7. The molecule has 1 N–H and O–H groups in total. The minimum atomic E-state index is -0.291. The standard InChI is InChI=1S/C14H20FNO/c1-3-5-6-11(4-2)14(17)16-13-9-7-12(15)8-10-13/h7-11H,3-6H2,1-2H3,(H,16,17)/t11-/m0/s1. The third kappa shape index (κ3) is 4.55. The molecular weight excluding hydrogens is 217 g/mol. The van der Waals surface area contributed by atoms with Gasteiger partial charge in [0.15, 0.2) is 0 Å². The van der Waals surface area contributed by atoms with Crippen LogP contribution in [0.4, 0.5) is 10.1 Å². The Morgan fingerprint density at radius 1 is 1.29 bits per heavy atom. The van der Waals surface area contributed by atoms with Crippen molar-refractivity contribution in [3.8, 4) is 0 Å². The monoisotopic (exact) mass is 237 g/mol. The van der Waals surface area contributed by atoms with Crippen LogP contribution in [0.1, 0.15) is 39.5 Å². The van der Waals surface area contributed by atoms with Gasteiger partial charge in [0.05, 0.1) is 0 Å². The van der Waals surface area contributed by atoms with E-state index in [4.69, 9.17) is 0 Å². The summed E-state index contributed by atoms with van der Waals surface area (Å²) in [6.07, 6.45) is 3.92. The molecule has 0 aromatic heterocycles. The van der Waals surface area contributed by atoms with Crippen molar-refractivity contribution in [2.24, 2.45) is 5.92 Å². The molecule has 1 amide bonds. The van der Waals surface area contributed by atoms with E-state index < -0.39 is 0 Å². The molecule has 0 heterocycles. The Morgan fingerprint density at radius 2 is 1.94 bits per heavy atom. The Hall–Kier alpha value is -1.38. The fraction of sp³-hybridized carbons (Fsp3) is 0.500. The van der Waals surface area contributed by atoms with Gasteiger partial charge in [-0.05, 0) is 37.1 Å². The van der Waals surface area contributed by atoms with E-state index >= 15 is 0 Å². The van der Waals surface area contributed by atoms with Gasteiger partial charge in [0.1, 0.15) is 5.82 Å². The van der Waals surface area contributed by atoms with E-state index in [0.717, 1.165) is 25.7 Å². The second-order valence-corrected chi connectivity index (χ2v) is 4.24. The molecule has 3 heteroatoms. The Kier molecular flexibility index (Phi) is 5.67. The van der Waals surface area contributed by atoms with Crippen LogP contribution in [0.2, 0.25) is 0 Å². The number of hydrogen-bond donors (Lipinski definition) is 1. The number of amides is 1. The zero-order valence-corrected chi connectivity index (χ0v) is 10.5. The number of unbranched alkanes of at least 4 members (excludes halogenated alkanes) is 1. The highest BCUT2D eigenvalue weighted by molar-refractivity contribution is 5.92. The molecule has 94 valence electrons. The van der Waals surface area contributed by atoms with Crippen molar-refractivity contribution in [3.05, 3.63) is 30.1 Å². The van der Waals surface area contributed by atoms with E-state index in [0.29, 0.717) is 5.69 Å². The van der Waals surface area contributed by atoms with E-state index in [9.17, 15) is 9.18 Å². The van der Waals surface area contributed by atoms with Gasteiger partial charge in [0, 0.05) is 11.6 Å². The van der Waals surface area contributed by atoms with Gasteiger partial charge in [0.25, 0.3) is 0 Å². The zero-order chi connectivity index (χ0) is 12.7. The van der Waals surface area contributed by atoms with E-state index in [-0.39, 0.29) is 17.6 Å². The molecule has 0 spiro atoms. The second-order valence-electron chi connectivity index (χ2n) is 4.24. The Balaban J connectivity index is 2.54. The first kappa shape index (κ1) is 13.7. The van der Waals surface area contributed by atoms with E-state index in [2.05, 4.69) is 12.2 Å². The van der Waals surface area contributed by atoms with Gasteiger partial charge in [-0.25, -0.2) is 4.39 Å². The molecule has 0 saturated heterocycles. The van der Waals surface area contributed by atoms with Crippen LogP contribution in [0.3, 0.4) is 0 Å². The lowest BCUT2D eigenvalue weighted by atomic mass is 9.98. The summed E-state index contributed by atoms with van der Waals surface area (Å²) in [6, 6.07) is 5.87. The number of rotatable bonds is 6. The maximum atomic E-state index is 12.7. The van der Waals surface area contributed by atoms with Gasteiger partial charge < -0.3 is 5.32 Å². The highest BCUT2D eigenvalue weighted by Gasteiger charge is 2.15. The number of benzene rings is 1. The van der Waals surface area contributed by atoms with Gasteiger partial charge in [-0.1, -0.05) is 26.7 Å². The number of hydrogen-bond acceptors (Lipinski definition) is 1. The van der Waals surface area contributed by atoms with Crippen molar-refractivity contribution >= 4 is 11.6 Å². The van der Waals surface area contributed by atoms with E-state index in [1.54, 1.807) is 12.1 Å². The van der Waals surface area contributed by atoms with Crippen LogP contribution < -0.4 is 5.32 Å². The van der Waals surface area contributed by atoms with Gasteiger partial charge in [0.2, 0.25) is 5.91 Å². The summed E-state index contributed by atoms with van der Waals surface area (Å²) in [5.74, 6) is -0.200. The van der Waals surface area contributed by atoms with Crippen molar-refractivity contribution < 1.29 is 9.18 Å². The van der Waals surface area contributed by atoms with Crippen molar-refractivity contribution in [2.45, 2.75) is 39.5 Å². The average molecular weight is 237 g/mol. The van der Waals surface area contributed by atoms with E-state index in [1.807, 2.05) is 6.92 Å². The van der Waals surface area contributed by atoms with Crippen molar-refractivity contribution in [1.82, 2.24) is 0 Å². The average Bonchev–Trinajstić information content (AvgIpc) is 2.33. The highest BCUT2D eigenvalue weighted by Crippen LogP contribution is 2.16. The molecular formula is C14H20FNO. The fourth-order valence-electron chi connectivity index (χ4n) is 1.75. The molecule has 1 rings (SSSR count). The predicted molar refractivity (Wildman–Crippen MR) is 68.3 cm³/mol. The second kappa shape index (κ2) is 7.05. The third-order valence-corrected chi connectivity index (χ3v) is 2.88. The van der Waals surface area contributed by atoms with Crippen LogP contribution in [0.15, 0.2) is 24.3 Å². The predicted octanol–water partition coefficient (Wildman–Crippen LogP) is 3.98. The quantitative estimate of drug-likeness (QED) is 0.796. The van der Waals surface area contributed by atoms with Gasteiger partial charge >= 0.3 is 0 Å². The smallest absolute Gasteiger partial charge is 0.227 e. The molecule has 1 atom stereocenters. The number of carbonyl (C=O) groups is 1. The molecule has 1 aromatic carbocycles. The number of halogens is 1. The van der Waals surface area contributed by atoms with Crippen LogP contribution in [0.25, 0.3) is 0 Å². The van der Waals surface area contributed by atoms with Crippen molar-refractivity contribution in [1.29, 1.82) is 0 Å². The minimum Gasteiger partial charge on any atom is -0.326 e. The largest absolute Gasteiger partial charge is 0.326 e. The van der Waals surface area contributed by atoms with Crippen molar-refractivity contribution in [3.63, 3.8) is 0 Å². The van der Waals surface area contributed by atoms with Gasteiger partial charge in [-0.15, -0.1) is 0 Å². The van der Waals surface area contributed by atoms with Gasteiger partial charge in [-0.2, -0.15) is 0 Å². The first-order valence-corrected chi connectivity index (χ1v) is 6.23. The third-order valence-electron chi connectivity index (χ3n) is 2.88. The van der Waals surface area contributed by atoms with E-state index in [1.165, 1.54) is 12.1 Å². The maximum Gasteiger partial charge on any atom is 0.227 e. The Morgan fingerprint density at radius 3 is 2.47 bits per heavy atom. The zero-order valence-electron chi connectivity index (χ0n) is 10.5. The fourth-order valence-corrected chi connectivity index (χ4v) is 1.75. The lowest BCUT2D eigenvalue weighted by Gasteiger charge is -2.14. The molecule has 0 aliphatic carbocycles. The SMILES string of the molecule is CCCC[C@H](CC)C(=O)Nc1ccc(F)cc1. The normalized spacial score (nSPS) is 12.2. The first-order valence-electron chi connectivity index (χ1n) is 6.23. The summed E-state index contributed by atoms with van der Waals surface area (Å²) in [6.45, 7) is 4.13. The Labute approximate surface area is 102 Å². The summed E-state index contributed by atoms with van der Waals surface area (Å²) >= 11 is 0. The minimum absolute atomic E-state index is 0.0348. The number of carbonyl (C=O) groups excluding carboxylic acids is 1. The molecule has 1 aromatic rings. The van der Waals surface area contributed by atoms with Crippen LogP contribution in [0.5, 0.6) is 0 Å². The Bertz CT molecular complexity index is 348. The molecule has 0 aliphatic heterocycles. The van der Waals surface area contributed by atoms with Crippen LogP contribution >= 0.6 is 0 Å². The topological polar surface area (TPSA) is 29.1 Å². The lowest BCUT2D eigenvalue weighted by Crippen LogP contribution is -2.22. The number of nitrogens with one attached hydrogen (secondary N) is 1. The molecule has 0 unspecified atom stereocenters. The molecule has 0 bridgehead atoms. The van der Waals surface area contributed by atoms with Crippen molar-refractivity contribution in [2.75, 3.05) is 5.32 Å². The van der Waals surface area contributed by atoms with Crippen LogP contribution in [-0.2, 0) is 4.79 Å². The van der Waals surface area contributed by atoms with Crippen LogP contribution in [-0.4, -0.2) is 5.91 Å². The molecule has 0 saturated carbocycles. The summed E-state index contributed by atoms with van der Waals surface area (Å²) in [5.41, 5.74) is 0.659. The molecule has 0 aliphatic rings. The molecule has 0 fully saturated rings. The van der Waals surface area contributed by atoms with Gasteiger partial charge in [-0.3, -0.25) is 4.79 Å². The summed E-state index contributed by atoms with van der Waals surface area (Å²) in [5, 5.41) is 2.82. The summed E-state index contributed by atoms with van der Waals surface area (Å²) in [4.78, 5) is 11.9. The molecule has 17 heavy (non-hydrogen) atoms. The molecule has 0 radical (unpaired) electrons.